The minimum absolute atomic E-state index is 0.0732. The molecule has 0 N–H and O–H groups in total. The quantitative estimate of drug-likeness (QED) is 0.825. The van der Waals surface area contributed by atoms with E-state index in [4.69, 9.17) is 0 Å². The molecule has 2 aromatic rings. The van der Waals surface area contributed by atoms with Crippen molar-refractivity contribution in [3.8, 4) is 5.69 Å². The van der Waals surface area contributed by atoms with Gasteiger partial charge in [0.15, 0.2) is 5.82 Å². The lowest BCUT2D eigenvalue weighted by molar-refractivity contribution is -0.114. The molecule has 2 rings (SSSR count). The molecule has 0 unspecified atom stereocenters. The predicted octanol–water partition coefficient (Wildman–Crippen LogP) is 2.05. The van der Waals surface area contributed by atoms with Crippen molar-refractivity contribution in [2.75, 3.05) is 5.75 Å². The highest BCUT2D eigenvalue weighted by Gasteiger charge is 2.16. The maximum absolute atomic E-state index is 11.0. The Balaban J connectivity index is 2.20. The maximum Gasteiger partial charge on any atom is 0.169 e. The van der Waals surface area contributed by atoms with E-state index in [0.717, 1.165) is 11.5 Å². The average molecular weight is 262 g/mol. The Morgan fingerprint density at radius 2 is 2.11 bits per heavy atom. The Morgan fingerprint density at radius 1 is 1.39 bits per heavy atom. The Hall–Kier alpha value is -1.69. The number of nitrogens with zero attached hydrogens (tertiary/aromatic N) is 4. The van der Waals surface area contributed by atoms with E-state index in [-0.39, 0.29) is 11.0 Å². The number of ketones is 1. The van der Waals surface area contributed by atoms with Gasteiger partial charge in [0.05, 0.1) is 16.7 Å². The summed E-state index contributed by atoms with van der Waals surface area (Å²) in [6, 6.07) is 9.72. The molecule has 0 radical (unpaired) electrons. The molecule has 0 spiro atoms. The summed E-state index contributed by atoms with van der Waals surface area (Å²) in [5.74, 6) is 1.39. The second kappa shape index (κ2) is 5.77. The SMILES string of the molecule is CC(=O)CS[C@@H](C)c1nnnn1-c1ccccc1. The van der Waals surface area contributed by atoms with Gasteiger partial charge in [0.2, 0.25) is 0 Å². The van der Waals surface area contributed by atoms with Crippen LogP contribution in [0, 0.1) is 0 Å². The summed E-state index contributed by atoms with van der Waals surface area (Å²) in [6.07, 6.45) is 0. The molecule has 18 heavy (non-hydrogen) atoms. The first-order valence-corrected chi connectivity index (χ1v) is 6.68. The van der Waals surface area contributed by atoms with Crippen LogP contribution in [-0.2, 0) is 4.79 Å². The molecule has 0 amide bonds. The first-order chi connectivity index (χ1) is 8.68. The fourth-order valence-corrected chi connectivity index (χ4v) is 2.30. The lowest BCUT2D eigenvalue weighted by Crippen LogP contribution is -2.06. The Morgan fingerprint density at radius 3 is 2.78 bits per heavy atom. The molecule has 5 nitrogen and oxygen atoms in total. The fourth-order valence-electron chi connectivity index (χ4n) is 1.52. The number of aromatic nitrogens is 4. The summed E-state index contributed by atoms with van der Waals surface area (Å²) in [5, 5.41) is 11.8. The highest BCUT2D eigenvalue weighted by atomic mass is 32.2. The number of carbonyl (C=O) groups excluding carboxylic acids is 1. The zero-order valence-electron chi connectivity index (χ0n) is 10.3. The number of hydrogen-bond donors (Lipinski definition) is 0. The number of benzene rings is 1. The minimum atomic E-state index is 0.0732. The van der Waals surface area contributed by atoms with Crippen LogP contribution >= 0.6 is 11.8 Å². The van der Waals surface area contributed by atoms with E-state index >= 15 is 0 Å². The number of tetrazole rings is 1. The predicted molar refractivity (Wildman–Crippen MR) is 70.7 cm³/mol. The molecule has 1 aromatic heterocycles. The summed E-state index contributed by atoms with van der Waals surface area (Å²) >= 11 is 1.54. The zero-order valence-corrected chi connectivity index (χ0v) is 11.1. The number of para-hydroxylation sites is 1. The summed E-state index contributed by atoms with van der Waals surface area (Å²) < 4.78 is 1.71. The summed E-state index contributed by atoms with van der Waals surface area (Å²) in [6.45, 7) is 3.58. The maximum atomic E-state index is 11.0. The molecule has 1 heterocycles. The number of hydrogen-bond acceptors (Lipinski definition) is 5. The van der Waals surface area contributed by atoms with Crippen LogP contribution in [0.15, 0.2) is 30.3 Å². The molecule has 0 aliphatic carbocycles. The highest BCUT2D eigenvalue weighted by Crippen LogP contribution is 2.27. The van der Waals surface area contributed by atoms with Crippen molar-refractivity contribution in [1.82, 2.24) is 20.2 Å². The first kappa shape index (κ1) is 12.8. The van der Waals surface area contributed by atoms with Gasteiger partial charge in [0.25, 0.3) is 0 Å². The first-order valence-electron chi connectivity index (χ1n) is 5.63. The lowest BCUT2D eigenvalue weighted by Gasteiger charge is -2.10. The van der Waals surface area contributed by atoms with E-state index in [9.17, 15) is 4.79 Å². The smallest absolute Gasteiger partial charge is 0.169 e. The van der Waals surface area contributed by atoms with Gasteiger partial charge in [-0.25, -0.2) is 0 Å². The van der Waals surface area contributed by atoms with E-state index < -0.39 is 0 Å². The van der Waals surface area contributed by atoms with Crippen LogP contribution in [0.5, 0.6) is 0 Å². The molecule has 94 valence electrons. The van der Waals surface area contributed by atoms with Crippen molar-refractivity contribution in [3.05, 3.63) is 36.2 Å². The van der Waals surface area contributed by atoms with Gasteiger partial charge in [-0.15, -0.1) is 16.9 Å². The van der Waals surface area contributed by atoms with E-state index in [1.165, 1.54) is 11.8 Å². The minimum Gasteiger partial charge on any atom is -0.299 e. The van der Waals surface area contributed by atoms with Crippen LogP contribution in [0.3, 0.4) is 0 Å². The fraction of sp³-hybridized carbons (Fsp3) is 0.333. The van der Waals surface area contributed by atoms with Crippen LogP contribution < -0.4 is 0 Å². The topological polar surface area (TPSA) is 60.7 Å². The molecule has 1 aromatic carbocycles. The second-order valence-corrected chi connectivity index (χ2v) is 5.27. The van der Waals surface area contributed by atoms with Crippen LogP contribution in [0.1, 0.15) is 24.9 Å². The van der Waals surface area contributed by atoms with Gasteiger partial charge in [-0.1, -0.05) is 18.2 Å². The van der Waals surface area contributed by atoms with Crippen molar-refractivity contribution in [3.63, 3.8) is 0 Å². The van der Waals surface area contributed by atoms with Crippen LogP contribution in [0.25, 0.3) is 5.69 Å². The van der Waals surface area contributed by atoms with Crippen LogP contribution in [0.4, 0.5) is 0 Å². The zero-order chi connectivity index (χ0) is 13.0. The van der Waals surface area contributed by atoms with Gasteiger partial charge in [-0.2, -0.15) is 4.68 Å². The van der Waals surface area contributed by atoms with E-state index in [1.54, 1.807) is 11.6 Å². The van der Waals surface area contributed by atoms with Gasteiger partial charge >= 0.3 is 0 Å². The third-order valence-electron chi connectivity index (χ3n) is 2.39. The van der Waals surface area contributed by atoms with E-state index in [1.807, 2.05) is 37.3 Å². The van der Waals surface area contributed by atoms with Crippen LogP contribution in [0.2, 0.25) is 0 Å². The van der Waals surface area contributed by atoms with Crippen molar-refractivity contribution >= 4 is 17.5 Å². The van der Waals surface area contributed by atoms with Gasteiger partial charge < -0.3 is 0 Å². The normalized spacial score (nSPS) is 12.3. The molecule has 0 saturated carbocycles. The van der Waals surface area contributed by atoms with E-state index in [2.05, 4.69) is 15.5 Å². The molecule has 0 fully saturated rings. The molecule has 1 atom stereocenters. The third-order valence-corrected chi connectivity index (χ3v) is 3.68. The van der Waals surface area contributed by atoms with Crippen molar-refractivity contribution in [2.24, 2.45) is 0 Å². The average Bonchev–Trinajstić information content (AvgIpc) is 2.86. The largest absolute Gasteiger partial charge is 0.299 e. The number of carbonyl (C=O) groups is 1. The summed E-state index contributed by atoms with van der Waals surface area (Å²) in [7, 11) is 0. The third kappa shape index (κ3) is 2.95. The standard InChI is InChI=1S/C12H14N4OS/c1-9(17)8-18-10(2)12-13-14-15-16(12)11-6-4-3-5-7-11/h3-7,10H,8H2,1-2H3/t10-/m0/s1. The van der Waals surface area contributed by atoms with E-state index in [0.29, 0.717) is 5.75 Å². The van der Waals surface area contributed by atoms with Crippen molar-refractivity contribution in [2.45, 2.75) is 19.1 Å². The number of Topliss-reactive ketones (excluding diaryl/α,β-unsaturated/α-hetero) is 1. The molecular weight excluding hydrogens is 248 g/mol. The monoisotopic (exact) mass is 262 g/mol. The summed E-state index contributed by atoms with van der Waals surface area (Å²) in [5.41, 5.74) is 0.924. The molecule has 0 saturated heterocycles. The molecule has 0 aliphatic heterocycles. The Bertz CT molecular complexity index is 526. The Kier molecular flexibility index (Phi) is 4.09. The summed E-state index contributed by atoms with van der Waals surface area (Å²) in [4.78, 5) is 11.0. The molecular formula is C12H14N4OS. The highest BCUT2D eigenvalue weighted by molar-refractivity contribution is 8.00. The lowest BCUT2D eigenvalue weighted by atomic mass is 10.3. The Labute approximate surface area is 110 Å². The van der Waals surface area contributed by atoms with Gasteiger partial charge in [0, 0.05) is 0 Å². The number of thioether (sulfide) groups is 1. The second-order valence-electron chi connectivity index (χ2n) is 3.94. The van der Waals surface area contributed by atoms with Crippen LogP contribution in [-0.4, -0.2) is 31.7 Å². The van der Waals surface area contributed by atoms with Gasteiger partial charge in [-0.3, -0.25) is 4.79 Å². The molecule has 0 aliphatic rings. The number of rotatable bonds is 5. The van der Waals surface area contributed by atoms with Gasteiger partial charge in [-0.05, 0) is 36.4 Å². The van der Waals surface area contributed by atoms with Gasteiger partial charge in [0.1, 0.15) is 5.78 Å². The van der Waals surface area contributed by atoms with Crippen molar-refractivity contribution < 1.29 is 4.79 Å². The molecule has 6 heteroatoms. The molecule has 0 bridgehead atoms. The van der Waals surface area contributed by atoms with Crippen molar-refractivity contribution in [1.29, 1.82) is 0 Å².